The van der Waals surface area contributed by atoms with E-state index in [-0.39, 0.29) is 0 Å². The number of hydrogen-bond donors (Lipinski definition) is 3. The Balaban J connectivity index is -0.000000108. The van der Waals surface area contributed by atoms with Crippen LogP contribution in [-0.4, -0.2) is 56.7 Å². The monoisotopic (exact) mass is 504 g/mol. The van der Waals surface area contributed by atoms with Crippen LogP contribution < -0.4 is 0 Å². The Kier molecular flexibility index (Phi) is 21.4. The van der Waals surface area contributed by atoms with Crippen LogP contribution in [0.5, 0.6) is 0 Å². The van der Waals surface area contributed by atoms with Crippen LogP contribution in [0.4, 0.5) is 0 Å². The molecule has 0 aliphatic carbocycles. The Morgan fingerprint density at radius 2 is 0.870 bits per heavy atom. The van der Waals surface area contributed by atoms with E-state index >= 15 is 0 Å². The van der Waals surface area contributed by atoms with E-state index in [4.69, 9.17) is 15.3 Å². The average molecular weight is 504 g/mol. The van der Waals surface area contributed by atoms with E-state index in [1.807, 2.05) is 0 Å². The zero-order valence-corrected chi connectivity index (χ0v) is 20.3. The van der Waals surface area contributed by atoms with Crippen molar-refractivity contribution >= 4 is 0 Å². The van der Waals surface area contributed by atoms with E-state index in [0.717, 1.165) is 19.6 Å². The Labute approximate surface area is 156 Å². The van der Waals surface area contributed by atoms with Gasteiger partial charge in [0.2, 0.25) is 0 Å². The maximum atomic E-state index is 8.52. The van der Waals surface area contributed by atoms with Crippen LogP contribution >= 0.6 is 0 Å². The summed E-state index contributed by atoms with van der Waals surface area (Å²) in [5, 5.41) is 25.6. The van der Waals surface area contributed by atoms with Crippen LogP contribution in [0.25, 0.3) is 0 Å². The normalized spacial score (nSPS) is 11.0. The van der Waals surface area contributed by atoms with Crippen molar-refractivity contribution in [2.75, 3.05) is 19.6 Å². The SMILES string of the molecule is CC(C)(C)O.CC(C)(C)O.CC(C)(C)O.CCN(CC)C[C]#[W]. The number of hydrogen-bond acceptors (Lipinski definition) is 4. The summed E-state index contributed by atoms with van der Waals surface area (Å²) in [6.45, 7) is 23.4. The molecule has 0 aliphatic rings. The molecule has 0 aromatic heterocycles. The molecule has 0 heterocycles. The Morgan fingerprint density at radius 1 is 0.696 bits per heavy atom. The molecule has 0 fully saturated rings. The molecule has 0 atom stereocenters. The molecule has 0 radical (unpaired) electrons. The molecule has 143 valence electrons. The molecular weight excluding hydrogens is 462 g/mol. The first-order valence-corrected chi connectivity index (χ1v) is 9.56. The van der Waals surface area contributed by atoms with Gasteiger partial charge in [0, 0.05) is 0 Å². The van der Waals surface area contributed by atoms with Gasteiger partial charge >= 0.3 is 61.7 Å². The Morgan fingerprint density at radius 3 is 0.913 bits per heavy atom. The van der Waals surface area contributed by atoms with E-state index in [0.29, 0.717) is 0 Å². The van der Waals surface area contributed by atoms with E-state index in [2.05, 4.69) is 22.9 Å². The fraction of sp³-hybridized carbons (Fsp3) is 0.944. The molecule has 0 amide bonds. The second kappa shape index (κ2) is 15.8. The van der Waals surface area contributed by atoms with Crippen LogP contribution in [0.2, 0.25) is 0 Å². The third kappa shape index (κ3) is 172. The van der Waals surface area contributed by atoms with Crippen molar-refractivity contribution < 1.29 is 34.5 Å². The minimum atomic E-state index is -0.500. The fourth-order valence-corrected chi connectivity index (χ4v) is 1.19. The average Bonchev–Trinajstić information content (AvgIpc) is 2.18. The summed E-state index contributed by atoms with van der Waals surface area (Å²) in [6.07, 6.45) is 0. The molecule has 23 heavy (non-hydrogen) atoms. The van der Waals surface area contributed by atoms with Gasteiger partial charge in [0.05, 0.1) is 16.8 Å². The van der Waals surface area contributed by atoms with Gasteiger partial charge < -0.3 is 15.3 Å². The number of nitrogens with zero attached hydrogens (tertiary/aromatic N) is 1. The molecule has 4 nitrogen and oxygen atoms in total. The van der Waals surface area contributed by atoms with E-state index in [1.165, 1.54) is 19.2 Å². The van der Waals surface area contributed by atoms with Gasteiger partial charge in [-0.1, -0.05) is 0 Å². The third-order valence-electron chi connectivity index (χ3n) is 1.18. The topological polar surface area (TPSA) is 63.9 Å². The van der Waals surface area contributed by atoms with Crippen molar-refractivity contribution in [1.29, 1.82) is 0 Å². The summed E-state index contributed by atoms with van der Waals surface area (Å²) in [5.74, 6) is 0. The first kappa shape index (κ1) is 31.1. The molecule has 0 saturated heterocycles. The third-order valence-corrected chi connectivity index (χ3v) is 1.65. The van der Waals surface area contributed by atoms with Gasteiger partial charge in [0.1, 0.15) is 0 Å². The molecule has 0 aromatic carbocycles. The first-order valence-electron chi connectivity index (χ1n) is 8.09. The standard InChI is InChI=1S/C6H12N.3C4H10O.W/c1-4-7(5-2)6-3;3*1-4(2,3)5;/h4-6H2,1-2H3;3*5H,1-3H3;. The summed E-state index contributed by atoms with van der Waals surface area (Å²) in [7, 11) is 0. The molecule has 3 N–H and O–H groups in total. The van der Waals surface area contributed by atoms with Crippen LogP contribution in [0, 0.1) is 4.20 Å². The van der Waals surface area contributed by atoms with E-state index in [1.54, 1.807) is 62.3 Å². The maximum absolute atomic E-state index is 8.52. The van der Waals surface area contributed by atoms with Crippen molar-refractivity contribution in [2.45, 2.75) is 93.0 Å². The van der Waals surface area contributed by atoms with Crippen molar-refractivity contribution in [3.05, 3.63) is 0 Å². The van der Waals surface area contributed by atoms with Crippen molar-refractivity contribution in [2.24, 2.45) is 0 Å². The fourth-order valence-electron chi connectivity index (χ4n) is 0.539. The summed E-state index contributed by atoms with van der Waals surface area (Å²) >= 11 is 1.45. The van der Waals surface area contributed by atoms with Crippen LogP contribution in [0.15, 0.2) is 0 Å². The quantitative estimate of drug-likeness (QED) is 0.553. The molecule has 0 unspecified atom stereocenters. The minimum absolute atomic E-state index is 0.500. The van der Waals surface area contributed by atoms with Gasteiger partial charge in [0.15, 0.2) is 0 Å². The molecular formula is C18H42NO3W. The zero-order valence-electron chi connectivity index (χ0n) is 17.3. The molecule has 0 aromatic rings. The summed E-state index contributed by atoms with van der Waals surface area (Å²) in [6, 6.07) is 0. The predicted molar refractivity (Wildman–Crippen MR) is 97.6 cm³/mol. The van der Waals surface area contributed by atoms with Crippen LogP contribution in [0.1, 0.15) is 76.2 Å². The van der Waals surface area contributed by atoms with Gasteiger partial charge in [-0.3, -0.25) is 0 Å². The van der Waals surface area contributed by atoms with Gasteiger partial charge in [-0.05, 0) is 62.3 Å². The van der Waals surface area contributed by atoms with Gasteiger partial charge in [-0.25, -0.2) is 0 Å². The van der Waals surface area contributed by atoms with Crippen LogP contribution in [-0.2, 0) is 19.2 Å². The van der Waals surface area contributed by atoms with Crippen LogP contribution in [0.3, 0.4) is 0 Å². The Bertz CT molecular complexity index is 230. The zero-order chi connectivity index (χ0) is 19.9. The van der Waals surface area contributed by atoms with Crippen molar-refractivity contribution in [3.8, 4) is 4.20 Å². The molecule has 0 aliphatic heterocycles. The van der Waals surface area contributed by atoms with E-state index in [9.17, 15) is 0 Å². The van der Waals surface area contributed by atoms with Gasteiger partial charge in [-0.15, -0.1) is 0 Å². The molecule has 5 heteroatoms. The first-order chi connectivity index (χ1) is 9.85. The molecule has 0 rings (SSSR count). The molecule has 0 spiro atoms. The van der Waals surface area contributed by atoms with Gasteiger partial charge in [-0.2, -0.15) is 0 Å². The van der Waals surface area contributed by atoms with Crippen molar-refractivity contribution in [3.63, 3.8) is 0 Å². The predicted octanol–water partition coefficient (Wildman–Crippen LogP) is 3.17. The number of rotatable bonds is 3. The van der Waals surface area contributed by atoms with Crippen molar-refractivity contribution in [1.82, 2.24) is 4.90 Å². The summed E-state index contributed by atoms with van der Waals surface area (Å²) < 4.78 is 3.18. The Hall–Kier alpha value is 0.308. The molecule has 0 saturated carbocycles. The summed E-state index contributed by atoms with van der Waals surface area (Å²) in [4.78, 5) is 2.34. The molecule has 0 bridgehead atoms. The second-order valence-corrected chi connectivity index (χ2v) is 9.16. The second-order valence-electron chi connectivity index (χ2n) is 8.12. The van der Waals surface area contributed by atoms with Gasteiger partial charge in [0.25, 0.3) is 0 Å². The van der Waals surface area contributed by atoms with E-state index < -0.39 is 16.8 Å². The summed E-state index contributed by atoms with van der Waals surface area (Å²) in [5.41, 5.74) is -1.50. The number of aliphatic hydroxyl groups is 3.